The van der Waals surface area contributed by atoms with Gasteiger partial charge in [0.15, 0.2) is 0 Å². The lowest BCUT2D eigenvalue weighted by Gasteiger charge is -1.96. The topological polar surface area (TPSA) is 72.5 Å². The minimum Gasteiger partial charge on any atom is -0.384 e. The second-order valence-corrected chi connectivity index (χ2v) is 3.18. The lowest BCUT2D eigenvalue weighted by Crippen LogP contribution is -1.98. The minimum atomic E-state index is 0.726. The molecule has 0 aliphatic heterocycles. The zero-order chi connectivity index (χ0) is 10.1. The van der Waals surface area contributed by atoms with Crippen LogP contribution in [-0.4, -0.2) is 20.0 Å². The van der Waals surface area contributed by atoms with Crippen molar-refractivity contribution in [3.8, 4) is 11.3 Å². The molecule has 74 valence electrons. The summed E-state index contributed by atoms with van der Waals surface area (Å²) >= 11 is 0. The van der Waals surface area contributed by atoms with Gasteiger partial charge in [-0.3, -0.25) is 9.78 Å². The van der Waals surface area contributed by atoms with Gasteiger partial charge in [0.05, 0.1) is 6.20 Å². The summed E-state index contributed by atoms with van der Waals surface area (Å²) in [7, 11) is 1.85. The molecule has 0 bridgehead atoms. The molecule has 5 nitrogen and oxygen atoms in total. The highest BCUT2D eigenvalue weighted by Gasteiger charge is 2.13. The highest BCUT2D eigenvalue weighted by Crippen LogP contribution is 2.25. The Kier molecular flexibility index (Phi) is 1.99. The van der Waals surface area contributed by atoms with Crippen LogP contribution in [0.15, 0.2) is 12.4 Å². The van der Waals surface area contributed by atoms with Gasteiger partial charge in [0.1, 0.15) is 11.5 Å². The fourth-order valence-electron chi connectivity index (χ4n) is 1.54. The zero-order valence-corrected chi connectivity index (χ0v) is 8.28. The van der Waals surface area contributed by atoms with Crippen LogP contribution in [0.1, 0.15) is 12.5 Å². The van der Waals surface area contributed by atoms with Crippen LogP contribution in [0.5, 0.6) is 0 Å². The third-order valence-electron chi connectivity index (χ3n) is 2.32. The summed E-state index contributed by atoms with van der Waals surface area (Å²) in [4.78, 5) is 0. The molecule has 2 heterocycles. The Balaban J connectivity index is 2.59. The number of nitrogen functional groups attached to an aromatic ring is 1. The van der Waals surface area contributed by atoms with E-state index in [2.05, 4.69) is 22.2 Å². The molecular formula is C9H13N5. The van der Waals surface area contributed by atoms with E-state index in [-0.39, 0.29) is 0 Å². The number of aromatic nitrogens is 4. The molecule has 0 spiro atoms. The van der Waals surface area contributed by atoms with E-state index in [1.54, 1.807) is 10.9 Å². The Bertz CT molecular complexity index is 426. The van der Waals surface area contributed by atoms with E-state index < -0.39 is 0 Å². The number of hydrogen-bond acceptors (Lipinski definition) is 3. The smallest absolute Gasteiger partial charge is 0.125 e. The molecule has 2 rings (SSSR count). The Morgan fingerprint density at radius 2 is 2.36 bits per heavy atom. The van der Waals surface area contributed by atoms with Gasteiger partial charge in [-0.15, -0.1) is 0 Å². The van der Waals surface area contributed by atoms with Crippen molar-refractivity contribution in [1.82, 2.24) is 20.0 Å². The van der Waals surface area contributed by atoms with Crippen molar-refractivity contribution >= 4 is 5.82 Å². The maximum absolute atomic E-state index is 5.89. The fraction of sp³-hybridized carbons (Fsp3) is 0.333. The van der Waals surface area contributed by atoms with Crippen LogP contribution >= 0.6 is 0 Å². The van der Waals surface area contributed by atoms with Crippen molar-refractivity contribution in [2.45, 2.75) is 13.3 Å². The van der Waals surface area contributed by atoms with Crippen LogP contribution in [0.3, 0.4) is 0 Å². The standard InChI is InChI=1S/C9H13N5/c1-3-7-8(6-4-11-12-5-6)13-14(2)9(7)10/h4-5H,3,10H2,1-2H3,(H,11,12). The second kappa shape index (κ2) is 3.17. The van der Waals surface area contributed by atoms with Crippen molar-refractivity contribution in [2.75, 3.05) is 5.73 Å². The summed E-state index contributed by atoms with van der Waals surface area (Å²) in [5.74, 6) is 0.726. The van der Waals surface area contributed by atoms with E-state index >= 15 is 0 Å². The van der Waals surface area contributed by atoms with Gasteiger partial charge in [-0.2, -0.15) is 10.2 Å². The van der Waals surface area contributed by atoms with E-state index in [0.717, 1.165) is 29.1 Å². The summed E-state index contributed by atoms with van der Waals surface area (Å²) in [6, 6.07) is 0. The quantitative estimate of drug-likeness (QED) is 0.742. The molecule has 0 fully saturated rings. The van der Waals surface area contributed by atoms with Crippen molar-refractivity contribution < 1.29 is 0 Å². The number of nitrogens with two attached hydrogens (primary N) is 1. The van der Waals surface area contributed by atoms with Gasteiger partial charge < -0.3 is 5.73 Å². The van der Waals surface area contributed by atoms with Gasteiger partial charge in [-0.05, 0) is 6.42 Å². The number of rotatable bonds is 2. The van der Waals surface area contributed by atoms with Crippen molar-refractivity contribution in [1.29, 1.82) is 0 Å². The average Bonchev–Trinajstić information content (AvgIpc) is 2.76. The first-order chi connectivity index (χ1) is 6.74. The molecule has 0 amide bonds. The molecule has 0 aliphatic carbocycles. The number of aryl methyl sites for hydroxylation is 1. The summed E-state index contributed by atoms with van der Waals surface area (Å²) in [6.07, 6.45) is 4.45. The summed E-state index contributed by atoms with van der Waals surface area (Å²) in [5.41, 5.74) is 8.87. The number of hydrogen-bond donors (Lipinski definition) is 2. The Morgan fingerprint density at radius 1 is 1.57 bits per heavy atom. The highest BCUT2D eigenvalue weighted by atomic mass is 15.3. The van der Waals surface area contributed by atoms with Crippen LogP contribution in [0.25, 0.3) is 11.3 Å². The van der Waals surface area contributed by atoms with Crippen molar-refractivity contribution in [2.24, 2.45) is 7.05 Å². The fourth-order valence-corrected chi connectivity index (χ4v) is 1.54. The number of nitrogens with zero attached hydrogens (tertiary/aromatic N) is 3. The molecule has 0 saturated heterocycles. The number of aromatic amines is 1. The summed E-state index contributed by atoms with van der Waals surface area (Å²) < 4.78 is 1.70. The lowest BCUT2D eigenvalue weighted by molar-refractivity contribution is 0.782. The van der Waals surface area contributed by atoms with E-state index in [1.165, 1.54) is 0 Å². The van der Waals surface area contributed by atoms with Crippen LogP contribution < -0.4 is 5.73 Å². The third kappa shape index (κ3) is 1.17. The van der Waals surface area contributed by atoms with E-state index in [1.807, 2.05) is 13.2 Å². The van der Waals surface area contributed by atoms with E-state index in [4.69, 9.17) is 5.73 Å². The first-order valence-electron chi connectivity index (χ1n) is 4.54. The van der Waals surface area contributed by atoms with Gasteiger partial charge in [-0.1, -0.05) is 6.92 Å². The normalized spacial score (nSPS) is 10.7. The molecule has 2 aromatic heterocycles. The Labute approximate surface area is 81.9 Å². The predicted octanol–water partition coefficient (Wildman–Crippen LogP) is 0.955. The van der Waals surface area contributed by atoms with Crippen molar-refractivity contribution in [3.05, 3.63) is 18.0 Å². The van der Waals surface area contributed by atoms with E-state index in [9.17, 15) is 0 Å². The van der Waals surface area contributed by atoms with Crippen LogP contribution in [0.4, 0.5) is 5.82 Å². The van der Waals surface area contributed by atoms with Gasteiger partial charge in [0.2, 0.25) is 0 Å². The molecule has 0 radical (unpaired) electrons. The number of H-pyrrole nitrogens is 1. The molecular weight excluding hydrogens is 178 g/mol. The maximum atomic E-state index is 5.89. The summed E-state index contributed by atoms with van der Waals surface area (Å²) in [5, 5.41) is 11.0. The van der Waals surface area contributed by atoms with Crippen LogP contribution in [0.2, 0.25) is 0 Å². The Morgan fingerprint density at radius 3 is 2.93 bits per heavy atom. The average molecular weight is 191 g/mol. The molecule has 0 aromatic carbocycles. The van der Waals surface area contributed by atoms with Gasteiger partial charge in [-0.25, -0.2) is 0 Å². The van der Waals surface area contributed by atoms with Crippen molar-refractivity contribution in [3.63, 3.8) is 0 Å². The van der Waals surface area contributed by atoms with Crippen LogP contribution in [0, 0.1) is 0 Å². The first-order valence-corrected chi connectivity index (χ1v) is 4.54. The second-order valence-electron chi connectivity index (χ2n) is 3.18. The number of anilines is 1. The molecule has 5 heteroatoms. The summed E-state index contributed by atoms with van der Waals surface area (Å²) in [6.45, 7) is 2.07. The molecule has 2 aromatic rings. The first kappa shape index (κ1) is 8.80. The molecule has 0 unspecified atom stereocenters. The Hall–Kier alpha value is -1.78. The van der Waals surface area contributed by atoms with Crippen LogP contribution in [-0.2, 0) is 13.5 Å². The lowest BCUT2D eigenvalue weighted by atomic mass is 10.1. The molecule has 0 atom stereocenters. The third-order valence-corrected chi connectivity index (χ3v) is 2.32. The monoisotopic (exact) mass is 191 g/mol. The molecule has 3 N–H and O–H groups in total. The zero-order valence-electron chi connectivity index (χ0n) is 8.28. The highest BCUT2D eigenvalue weighted by molar-refractivity contribution is 5.67. The van der Waals surface area contributed by atoms with E-state index in [0.29, 0.717) is 0 Å². The molecule has 14 heavy (non-hydrogen) atoms. The maximum Gasteiger partial charge on any atom is 0.125 e. The minimum absolute atomic E-state index is 0.726. The largest absolute Gasteiger partial charge is 0.384 e. The SMILES string of the molecule is CCc1c(-c2cn[nH]c2)nn(C)c1N. The molecule has 0 saturated carbocycles. The van der Waals surface area contributed by atoms with Gasteiger partial charge in [0, 0.05) is 24.4 Å². The van der Waals surface area contributed by atoms with Gasteiger partial charge >= 0.3 is 0 Å². The van der Waals surface area contributed by atoms with Gasteiger partial charge in [0.25, 0.3) is 0 Å². The molecule has 0 aliphatic rings. The predicted molar refractivity (Wildman–Crippen MR) is 54.6 cm³/mol. The number of nitrogens with one attached hydrogen (secondary N) is 1.